The van der Waals surface area contributed by atoms with Crippen LogP contribution in [0.4, 0.5) is 0 Å². The third kappa shape index (κ3) is 2.45. The summed E-state index contributed by atoms with van der Waals surface area (Å²) in [6.07, 6.45) is 6.04. The Labute approximate surface area is 88.9 Å². The second-order valence-corrected chi connectivity index (χ2v) is 4.29. The minimum atomic E-state index is -0.0547. The molecule has 15 heavy (non-hydrogen) atoms. The minimum absolute atomic E-state index is 0.0547. The molecule has 1 aliphatic carbocycles. The topological polar surface area (TPSA) is 71.8 Å². The van der Waals surface area contributed by atoms with Crippen LogP contribution in [0.3, 0.4) is 0 Å². The molecular weight excluding hydrogens is 190 g/mol. The van der Waals surface area contributed by atoms with Gasteiger partial charge < -0.3 is 10.7 Å². The zero-order valence-corrected chi connectivity index (χ0v) is 8.78. The van der Waals surface area contributed by atoms with E-state index in [1.54, 1.807) is 6.07 Å². The maximum atomic E-state index is 11.1. The number of rotatable bonds is 2. The van der Waals surface area contributed by atoms with Crippen LogP contribution >= 0.6 is 0 Å². The molecular formula is C11H17N3O. The molecule has 82 valence electrons. The Bertz CT molecular complexity index is 366. The fraction of sp³-hybridized carbons (Fsp3) is 0.636. The van der Waals surface area contributed by atoms with Crippen LogP contribution in [-0.4, -0.2) is 16.5 Å². The zero-order valence-electron chi connectivity index (χ0n) is 8.78. The van der Waals surface area contributed by atoms with Crippen LogP contribution in [0.15, 0.2) is 17.2 Å². The second-order valence-electron chi connectivity index (χ2n) is 4.29. The molecule has 1 aromatic heterocycles. The van der Waals surface area contributed by atoms with Crippen molar-refractivity contribution < 1.29 is 0 Å². The maximum Gasteiger partial charge on any atom is 0.250 e. The molecule has 0 amide bonds. The summed E-state index contributed by atoms with van der Waals surface area (Å²) in [7, 11) is 0. The van der Waals surface area contributed by atoms with Crippen molar-refractivity contribution in [1.29, 1.82) is 0 Å². The van der Waals surface area contributed by atoms with Crippen molar-refractivity contribution in [3.05, 3.63) is 28.4 Å². The number of nitrogens with one attached hydrogen (secondary N) is 1. The van der Waals surface area contributed by atoms with Crippen LogP contribution in [-0.2, 0) is 0 Å². The molecule has 0 bridgehead atoms. The largest absolute Gasteiger partial charge is 0.330 e. The summed E-state index contributed by atoms with van der Waals surface area (Å²) in [5.74, 6) is 1.12. The van der Waals surface area contributed by atoms with Gasteiger partial charge in [-0.2, -0.15) is 0 Å². The predicted molar refractivity (Wildman–Crippen MR) is 58.6 cm³/mol. The average Bonchev–Trinajstić information content (AvgIpc) is 2.29. The monoisotopic (exact) mass is 207 g/mol. The molecule has 1 fully saturated rings. The van der Waals surface area contributed by atoms with Gasteiger partial charge in [0.1, 0.15) is 0 Å². The van der Waals surface area contributed by atoms with Crippen molar-refractivity contribution in [2.75, 3.05) is 6.54 Å². The summed E-state index contributed by atoms with van der Waals surface area (Å²) >= 11 is 0. The standard InChI is InChI=1S/C11H17N3O/c12-6-8-1-3-9(4-2-8)10-5-11(15)14-7-13-10/h5,7-9H,1-4,6,12H2,(H,13,14,15). The highest BCUT2D eigenvalue weighted by Gasteiger charge is 2.22. The van der Waals surface area contributed by atoms with Gasteiger partial charge in [-0.1, -0.05) is 0 Å². The Morgan fingerprint density at radius 3 is 2.73 bits per heavy atom. The van der Waals surface area contributed by atoms with E-state index in [4.69, 9.17) is 5.73 Å². The molecule has 1 aromatic rings. The maximum absolute atomic E-state index is 11.1. The summed E-state index contributed by atoms with van der Waals surface area (Å²) in [6.45, 7) is 0.787. The van der Waals surface area contributed by atoms with Crippen molar-refractivity contribution in [2.24, 2.45) is 11.7 Å². The molecule has 0 aromatic carbocycles. The molecule has 4 heteroatoms. The van der Waals surface area contributed by atoms with E-state index in [-0.39, 0.29) is 5.56 Å². The molecule has 1 saturated carbocycles. The Hall–Kier alpha value is -1.16. The lowest BCUT2D eigenvalue weighted by Crippen LogP contribution is -2.21. The first-order chi connectivity index (χ1) is 7.29. The van der Waals surface area contributed by atoms with Crippen molar-refractivity contribution in [2.45, 2.75) is 31.6 Å². The first-order valence-electron chi connectivity index (χ1n) is 5.54. The van der Waals surface area contributed by atoms with Gasteiger partial charge in [-0.3, -0.25) is 4.79 Å². The Balaban J connectivity index is 2.04. The van der Waals surface area contributed by atoms with E-state index >= 15 is 0 Å². The van der Waals surface area contributed by atoms with Crippen LogP contribution in [0, 0.1) is 5.92 Å². The molecule has 0 unspecified atom stereocenters. The number of hydrogen-bond acceptors (Lipinski definition) is 3. The van der Waals surface area contributed by atoms with Gasteiger partial charge in [0, 0.05) is 12.0 Å². The predicted octanol–water partition coefficient (Wildman–Crippen LogP) is 1.00. The highest BCUT2D eigenvalue weighted by atomic mass is 16.1. The van der Waals surface area contributed by atoms with Crippen LogP contribution in [0.5, 0.6) is 0 Å². The van der Waals surface area contributed by atoms with E-state index in [0.717, 1.165) is 37.9 Å². The van der Waals surface area contributed by atoms with Gasteiger partial charge in [0.15, 0.2) is 0 Å². The summed E-state index contributed by atoms with van der Waals surface area (Å²) in [4.78, 5) is 17.9. The van der Waals surface area contributed by atoms with Crippen LogP contribution in [0.1, 0.15) is 37.3 Å². The Morgan fingerprint density at radius 2 is 2.13 bits per heavy atom. The molecule has 0 spiro atoms. The summed E-state index contributed by atoms with van der Waals surface area (Å²) < 4.78 is 0. The van der Waals surface area contributed by atoms with Crippen LogP contribution < -0.4 is 11.3 Å². The van der Waals surface area contributed by atoms with Crippen molar-refractivity contribution in [3.63, 3.8) is 0 Å². The quantitative estimate of drug-likeness (QED) is 0.760. The number of nitrogens with zero attached hydrogens (tertiary/aromatic N) is 1. The van der Waals surface area contributed by atoms with Gasteiger partial charge in [-0.25, -0.2) is 4.98 Å². The first kappa shape index (κ1) is 10.4. The van der Waals surface area contributed by atoms with Gasteiger partial charge in [0.2, 0.25) is 0 Å². The smallest absolute Gasteiger partial charge is 0.250 e. The van der Waals surface area contributed by atoms with E-state index in [1.165, 1.54) is 6.33 Å². The molecule has 3 N–H and O–H groups in total. The summed E-state index contributed by atoms with van der Waals surface area (Å²) in [5, 5.41) is 0. The van der Waals surface area contributed by atoms with E-state index < -0.39 is 0 Å². The summed E-state index contributed by atoms with van der Waals surface area (Å²) in [6, 6.07) is 1.62. The first-order valence-corrected chi connectivity index (χ1v) is 5.54. The third-order valence-corrected chi connectivity index (χ3v) is 3.30. The molecule has 0 radical (unpaired) electrons. The molecule has 0 aliphatic heterocycles. The van der Waals surface area contributed by atoms with E-state index in [0.29, 0.717) is 11.8 Å². The van der Waals surface area contributed by atoms with Crippen LogP contribution in [0.2, 0.25) is 0 Å². The van der Waals surface area contributed by atoms with Gasteiger partial charge >= 0.3 is 0 Å². The van der Waals surface area contributed by atoms with Gasteiger partial charge in [-0.15, -0.1) is 0 Å². The van der Waals surface area contributed by atoms with E-state index in [1.807, 2.05) is 0 Å². The number of aromatic nitrogens is 2. The molecule has 1 heterocycles. The van der Waals surface area contributed by atoms with Crippen LogP contribution in [0.25, 0.3) is 0 Å². The number of hydrogen-bond donors (Lipinski definition) is 2. The highest BCUT2D eigenvalue weighted by Crippen LogP contribution is 2.33. The number of H-pyrrole nitrogens is 1. The third-order valence-electron chi connectivity index (χ3n) is 3.30. The molecule has 4 nitrogen and oxygen atoms in total. The molecule has 0 saturated heterocycles. The van der Waals surface area contributed by atoms with Crippen molar-refractivity contribution >= 4 is 0 Å². The van der Waals surface area contributed by atoms with Gasteiger partial charge in [-0.05, 0) is 38.1 Å². The van der Waals surface area contributed by atoms with Crippen molar-refractivity contribution in [3.8, 4) is 0 Å². The average molecular weight is 207 g/mol. The van der Waals surface area contributed by atoms with E-state index in [9.17, 15) is 4.79 Å². The Morgan fingerprint density at radius 1 is 1.40 bits per heavy atom. The minimum Gasteiger partial charge on any atom is -0.330 e. The number of nitrogens with two attached hydrogens (primary N) is 1. The molecule has 1 aliphatic rings. The Kier molecular flexibility index (Phi) is 3.16. The SMILES string of the molecule is NCC1CCC(c2cc(=O)[nH]cn2)CC1. The van der Waals surface area contributed by atoms with E-state index in [2.05, 4.69) is 9.97 Å². The fourth-order valence-corrected chi connectivity index (χ4v) is 2.30. The molecule has 2 rings (SSSR count). The van der Waals surface area contributed by atoms with Crippen molar-refractivity contribution in [1.82, 2.24) is 9.97 Å². The molecule has 0 atom stereocenters. The zero-order chi connectivity index (χ0) is 10.7. The summed E-state index contributed by atoms with van der Waals surface area (Å²) in [5.41, 5.74) is 6.53. The lowest BCUT2D eigenvalue weighted by molar-refractivity contribution is 0.329. The normalized spacial score (nSPS) is 26.5. The lowest BCUT2D eigenvalue weighted by Gasteiger charge is -2.26. The van der Waals surface area contributed by atoms with Gasteiger partial charge in [0.25, 0.3) is 5.56 Å². The lowest BCUT2D eigenvalue weighted by atomic mass is 9.80. The second kappa shape index (κ2) is 4.57. The number of aromatic amines is 1. The fourth-order valence-electron chi connectivity index (χ4n) is 2.30. The highest BCUT2D eigenvalue weighted by molar-refractivity contribution is 5.07. The van der Waals surface area contributed by atoms with Gasteiger partial charge in [0.05, 0.1) is 12.0 Å².